The first-order chi connectivity index (χ1) is 5.18. The molecule has 1 saturated carbocycles. The molecule has 1 aliphatic rings. The van der Waals surface area contributed by atoms with Crippen LogP contribution < -0.4 is 0 Å². The Hall–Kier alpha value is -0.180. The molecule has 0 saturated heterocycles. The third-order valence-corrected chi connectivity index (χ3v) is 3.64. The Morgan fingerprint density at radius 2 is 2.27 bits per heavy atom. The molecule has 1 fully saturated rings. The van der Waals surface area contributed by atoms with E-state index in [-0.39, 0.29) is 4.75 Å². The fraction of sp³-hybridized carbons (Fsp3) is 0.875. The number of carboxylic acid groups (broad SMARTS) is 1. The van der Waals surface area contributed by atoms with Gasteiger partial charge in [0.1, 0.15) is 0 Å². The van der Waals surface area contributed by atoms with Crippen LogP contribution in [-0.2, 0) is 4.79 Å². The SMILES string of the molecule is CCSC1(CC(=O)O)CCC1. The normalized spacial score (nSPS) is 20.8. The number of carboxylic acids is 1. The third kappa shape index (κ3) is 2.12. The number of rotatable bonds is 4. The lowest BCUT2D eigenvalue weighted by molar-refractivity contribution is -0.138. The molecule has 1 N–H and O–H groups in total. The van der Waals surface area contributed by atoms with Crippen molar-refractivity contribution in [1.82, 2.24) is 0 Å². The molecule has 0 bridgehead atoms. The highest BCUT2D eigenvalue weighted by Crippen LogP contribution is 2.46. The number of hydrogen-bond donors (Lipinski definition) is 1. The summed E-state index contributed by atoms with van der Waals surface area (Å²) in [5.41, 5.74) is 0. The second-order valence-electron chi connectivity index (χ2n) is 3.04. The molecule has 0 aromatic heterocycles. The molecule has 0 aromatic carbocycles. The summed E-state index contributed by atoms with van der Waals surface area (Å²) >= 11 is 1.81. The predicted molar refractivity (Wildman–Crippen MR) is 47.0 cm³/mol. The van der Waals surface area contributed by atoms with Gasteiger partial charge in [0.25, 0.3) is 0 Å². The van der Waals surface area contributed by atoms with Gasteiger partial charge in [0, 0.05) is 4.75 Å². The van der Waals surface area contributed by atoms with Gasteiger partial charge < -0.3 is 5.11 Å². The Kier molecular flexibility index (Phi) is 2.82. The van der Waals surface area contributed by atoms with Gasteiger partial charge >= 0.3 is 5.97 Å². The molecular formula is C8H14O2S. The van der Waals surface area contributed by atoms with Crippen molar-refractivity contribution in [2.75, 3.05) is 5.75 Å². The maximum absolute atomic E-state index is 10.5. The minimum atomic E-state index is -0.648. The van der Waals surface area contributed by atoms with Gasteiger partial charge in [0.2, 0.25) is 0 Å². The van der Waals surface area contributed by atoms with Crippen molar-refractivity contribution >= 4 is 17.7 Å². The summed E-state index contributed by atoms with van der Waals surface area (Å²) in [6, 6.07) is 0. The molecule has 0 spiro atoms. The van der Waals surface area contributed by atoms with Gasteiger partial charge in [-0.1, -0.05) is 13.3 Å². The summed E-state index contributed by atoms with van der Waals surface area (Å²) < 4.78 is 0.112. The Morgan fingerprint density at radius 1 is 1.64 bits per heavy atom. The van der Waals surface area contributed by atoms with E-state index >= 15 is 0 Å². The average Bonchev–Trinajstić information content (AvgIpc) is 1.82. The molecule has 3 heteroatoms. The van der Waals surface area contributed by atoms with Crippen molar-refractivity contribution in [2.45, 2.75) is 37.4 Å². The van der Waals surface area contributed by atoms with E-state index < -0.39 is 5.97 Å². The molecule has 0 atom stereocenters. The second-order valence-corrected chi connectivity index (χ2v) is 4.77. The lowest BCUT2D eigenvalue weighted by Crippen LogP contribution is -2.36. The van der Waals surface area contributed by atoms with E-state index in [1.165, 1.54) is 6.42 Å². The molecule has 0 unspecified atom stereocenters. The lowest BCUT2D eigenvalue weighted by Gasteiger charge is -2.39. The van der Waals surface area contributed by atoms with Crippen molar-refractivity contribution in [3.05, 3.63) is 0 Å². The Balaban J connectivity index is 2.39. The largest absolute Gasteiger partial charge is 0.481 e. The fourth-order valence-electron chi connectivity index (χ4n) is 1.53. The number of aliphatic carboxylic acids is 1. The smallest absolute Gasteiger partial charge is 0.304 e. The van der Waals surface area contributed by atoms with Crippen molar-refractivity contribution in [3.8, 4) is 0 Å². The molecule has 1 aliphatic carbocycles. The Morgan fingerprint density at radius 3 is 2.55 bits per heavy atom. The number of hydrogen-bond acceptors (Lipinski definition) is 2. The van der Waals surface area contributed by atoms with Gasteiger partial charge in [-0.15, -0.1) is 0 Å². The van der Waals surface area contributed by atoms with Gasteiger partial charge in [-0.3, -0.25) is 4.79 Å². The highest BCUT2D eigenvalue weighted by atomic mass is 32.2. The number of carbonyl (C=O) groups is 1. The maximum atomic E-state index is 10.5. The third-order valence-electron chi connectivity index (χ3n) is 2.19. The Bertz CT molecular complexity index is 152. The van der Waals surface area contributed by atoms with E-state index in [0.717, 1.165) is 18.6 Å². The second kappa shape index (κ2) is 3.48. The van der Waals surface area contributed by atoms with E-state index in [1.807, 2.05) is 11.8 Å². The quantitative estimate of drug-likeness (QED) is 0.709. The van der Waals surface area contributed by atoms with Crippen molar-refractivity contribution in [1.29, 1.82) is 0 Å². The monoisotopic (exact) mass is 174 g/mol. The summed E-state index contributed by atoms with van der Waals surface area (Å²) in [6.45, 7) is 2.09. The van der Waals surface area contributed by atoms with E-state index in [0.29, 0.717) is 6.42 Å². The van der Waals surface area contributed by atoms with Gasteiger partial charge in [-0.05, 0) is 18.6 Å². The molecule has 0 aliphatic heterocycles. The van der Waals surface area contributed by atoms with E-state index in [1.54, 1.807) is 0 Å². The molecule has 64 valence electrons. The first kappa shape index (κ1) is 8.91. The molecule has 11 heavy (non-hydrogen) atoms. The summed E-state index contributed by atoms with van der Waals surface area (Å²) in [7, 11) is 0. The zero-order valence-electron chi connectivity index (χ0n) is 6.80. The van der Waals surface area contributed by atoms with E-state index in [2.05, 4.69) is 6.92 Å². The van der Waals surface area contributed by atoms with Crippen LogP contribution in [-0.4, -0.2) is 21.6 Å². The van der Waals surface area contributed by atoms with Gasteiger partial charge in [0.05, 0.1) is 6.42 Å². The summed E-state index contributed by atoms with van der Waals surface area (Å²) in [5.74, 6) is 0.387. The Labute approximate surface area is 71.4 Å². The number of thioether (sulfide) groups is 1. The topological polar surface area (TPSA) is 37.3 Å². The van der Waals surface area contributed by atoms with Crippen LogP contribution >= 0.6 is 11.8 Å². The van der Waals surface area contributed by atoms with Crippen molar-refractivity contribution in [3.63, 3.8) is 0 Å². The summed E-state index contributed by atoms with van der Waals surface area (Å²) in [5, 5.41) is 8.63. The first-order valence-electron chi connectivity index (χ1n) is 4.04. The van der Waals surface area contributed by atoms with Crippen LogP contribution in [0.5, 0.6) is 0 Å². The molecule has 0 radical (unpaired) electrons. The van der Waals surface area contributed by atoms with Gasteiger partial charge in [0.15, 0.2) is 0 Å². The van der Waals surface area contributed by atoms with Crippen LogP contribution in [0, 0.1) is 0 Å². The van der Waals surface area contributed by atoms with Crippen LogP contribution in [0.25, 0.3) is 0 Å². The van der Waals surface area contributed by atoms with Crippen molar-refractivity contribution < 1.29 is 9.90 Å². The first-order valence-corrected chi connectivity index (χ1v) is 5.03. The van der Waals surface area contributed by atoms with Crippen LogP contribution in [0.3, 0.4) is 0 Å². The van der Waals surface area contributed by atoms with Crippen LogP contribution in [0.15, 0.2) is 0 Å². The van der Waals surface area contributed by atoms with Crippen LogP contribution in [0.1, 0.15) is 32.6 Å². The molecule has 0 aromatic rings. The predicted octanol–water partition coefficient (Wildman–Crippen LogP) is 2.14. The average molecular weight is 174 g/mol. The highest BCUT2D eigenvalue weighted by Gasteiger charge is 2.38. The lowest BCUT2D eigenvalue weighted by atomic mass is 9.82. The fourth-order valence-corrected chi connectivity index (χ4v) is 2.94. The zero-order chi connectivity index (χ0) is 8.32. The van der Waals surface area contributed by atoms with E-state index in [9.17, 15) is 4.79 Å². The molecule has 1 rings (SSSR count). The summed E-state index contributed by atoms with van der Waals surface area (Å²) in [6.07, 6.45) is 3.75. The minimum Gasteiger partial charge on any atom is -0.481 e. The molecular weight excluding hydrogens is 160 g/mol. The molecule has 2 nitrogen and oxygen atoms in total. The summed E-state index contributed by atoms with van der Waals surface area (Å²) in [4.78, 5) is 10.5. The standard InChI is InChI=1S/C8H14O2S/c1-2-11-8(4-3-5-8)6-7(9)10/h2-6H2,1H3,(H,9,10). The zero-order valence-corrected chi connectivity index (χ0v) is 7.62. The van der Waals surface area contributed by atoms with E-state index in [4.69, 9.17) is 5.11 Å². The van der Waals surface area contributed by atoms with Crippen LogP contribution in [0.2, 0.25) is 0 Å². The van der Waals surface area contributed by atoms with Crippen molar-refractivity contribution in [2.24, 2.45) is 0 Å². The van der Waals surface area contributed by atoms with Gasteiger partial charge in [-0.2, -0.15) is 11.8 Å². The molecule has 0 amide bonds. The minimum absolute atomic E-state index is 0.112. The maximum Gasteiger partial charge on any atom is 0.304 e. The highest BCUT2D eigenvalue weighted by molar-refractivity contribution is 8.00. The van der Waals surface area contributed by atoms with Crippen LogP contribution in [0.4, 0.5) is 0 Å². The molecule has 0 heterocycles. The van der Waals surface area contributed by atoms with Gasteiger partial charge in [-0.25, -0.2) is 0 Å².